The number of hydrogen-bond donors (Lipinski definition) is 2. The molecule has 1 amide bonds. The molecule has 0 radical (unpaired) electrons. The minimum atomic E-state index is -0.0483. The molecular formula is C11H16N2OS2. The molecule has 3 nitrogen and oxygen atoms in total. The van der Waals surface area contributed by atoms with Crippen LogP contribution in [0.2, 0.25) is 0 Å². The highest BCUT2D eigenvalue weighted by molar-refractivity contribution is 7.80. The minimum Gasteiger partial charge on any atom is -0.393 e. The lowest BCUT2D eigenvalue weighted by Crippen LogP contribution is -2.33. The van der Waals surface area contributed by atoms with Gasteiger partial charge in [0.1, 0.15) is 0 Å². The predicted octanol–water partition coefficient (Wildman–Crippen LogP) is 1.96. The van der Waals surface area contributed by atoms with Gasteiger partial charge in [-0.3, -0.25) is 4.79 Å². The fourth-order valence-corrected chi connectivity index (χ4v) is 2.07. The van der Waals surface area contributed by atoms with Crippen LogP contribution in [0.4, 0.5) is 0 Å². The number of thiocarbonyl (C=S) groups is 1. The van der Waals surface area contributed by atoms with Gasteiger partial charge in [0.2, 0.25) is 0 Å². The van der Waals surface area contributed by atoms with Gasteiger partial charge in [-0.2, -0.15) is 0 Å². The number of carbonyl (C=O) groups excluding carboxylic acids is 1. The van der Waals surface area contributed by atoms with Gasteiger partial charge in [-0.15, -0.1) is 11.3 Å². The monoisotopic (exact) mass is 256 g/mol. The second-order valence-electron chi connectivity index (χ2n) is 3.63. The molecule has 0 fully saturated rings. The third-order valence-electron chi connectivity index (χ3n) is 2.29. The first-order valence-corrected chi connectivity index (χ1v) is 6.43. The maximum atomic E-state index is 11.7. The predicted molar refractivity (Wildman–Crippen MR) is 72.0 cm³/mol. The summed E-state index contributed by atoms with van der Waals surface area (Å²) in [7, 11) is 0. The number of amides is 1. The number of carbonyl (C=O) groups is 1. The van der Waals surface area contributed by atoms with Gasteiger partial charge in [0, 0.05) is 17.3 Å². The first-order valence-electron chi connectivity index (χ1n) is 5.20. The largest absolute Gasteiger partial charge is 0.393 e. The molecule has 1 heterocycles. The van der Waals surface area contributed by atoms with E-state index in [4.69, 9.17) is 18.0 Å². The zero-order chi connectivity index (χ0) is 12.1. The summed E-state index contributed by atoms with van der Waals surface area (Å²) in [4.78, 5) is 14.1. The van der Waals surface area contributed by atoms with Crippen LogP contribution >= 0.6 is 23.6 Å². The lowest BCUT2D eigenvalue weighted by atomic mass is 10.2. The van der Waals surface area contributed by atoms with E-state index in [2.05, 4.69) is 12.2 Å². The molecule has 1 aromatic heterocycles. The third kappa shape index (κ3) is 3.57. The number of nitrogens with one attached hydrogen (secondary N) is 1. The summed E-state index contributed by atoms with van der Waals surface area (Å²) in [5.41, 5.74) is 5.47. The average Bonchev–Trinajstić information content (AvgIpc) is 2.73. The smallest absolute Gasteiger partial charge is 0.261 e. The van der Waals surface area contributed by atoms with Crippen LogP contribution in [0.3, 0.4) is 0 Å². The molecule has 3 N–H and O–H groups in total. The van der Waals surface area contributed by atoms with Crippen molar-refractivity contribution in [3.8, 4) is 0 Å². The van der Waals surface area contributed by atoms with Gasteiger partial charge >= 0.3 is 0 Å². The Hall–Kier alpha value is -0.940. The van der Waals surface area contributed by atoms with Crippen LogP contribution in [0.15, 0.2) is 12.1 Å². The van der Waals surface area contributed by atoms with Crippen LogP contribution < -0.4 is 11.1 Å². The van der Waals surface area contributed by atoms with Crippen molar-refractivity contribution in [2.45, 2.75) is 20.3 Å². The van der Waals surface area contributed by atoms with Crippen LogP contribution in [-0.4, -0.2) is 17.4 Å². The van der Waals surface area contributed by atoms with Crippen LogP contribution in [0, 0.1) is 5.92 Å². The van der Waals surface area contributed by atoms with E-state index in [-0.39, 0.29) is 11.8 Å². The summed E-state index contributed by atoms with van der Waals surface area (Å²) in [5, 5.41) is 2.82. The van der Waals surface area contributed by atoms with Crippen molar-refractivity contribution in [3.63, 3.8) is 0 Å². The molecule has 1 unspecified atom stereocenters. The molecule has 0 aromatic carbocycles. The Balaban J connectivity index is 2.49. The van der Waals surface area contributed by atoms with E-state index in [0.29, 0.717) is 11.5 Å². The highest BCUT2D eigenvalue weighted by atomic mass is 32.1. The van der Waals surface area contributed by atoms with E-state index < -0.39 is 0 Å². The normalized spacial score (nSPS) is 12.1. The average molecular weight is 256 g/mol. The molecule has 0 spiro atoms. The van der Waals surface area contributed by atoms with E-state index in [1.165, 1.54) is 16.2 Å². The summed E-state index contributed by atoms with van der Waals surface area (Å²) < 4.78 is 0. The van der Waals surface area contributed by atoms with E-state index in [1.807, 2.05) is 19.1 Å². The topological polar surface area (TPSA) is 55.1 Å². The Morgan fingerprint density at radius 2 is 2.31 bits per heavy atom. The van der Waals surface area contributed by atoms with Gasteiger partial charge in [0.05, 0.1) is 9.87 Å². The number of thiophene rings is 1. The zero-order valence-corrected chi connectivity index (χ0v) is 11.1. The van der Waals surface area contributed by atoms with Crippen molar-refractivity contribution in [3.05, 3.63) is 21.9 Å². The fraction of sp³-hybridized carbons (Fsp3) is 0.455. The molecule has 0 aliphatic rings. The third-order valence-corrected chi connectivity index (χ3v) is 3.92. The Morgan fingerprint density at radius 3 is 2.81 bits per heavy atom. The molecule has 1 atom stereocenters. The molecule has 88 valence electrons. The van der Waals surface area contributed by atoms with E-state index >= 15 is 0 Å². The first kappa shape index (κ1) is 13.1. The quantitative estimate of drug-likeness (QED) is 0.792. The summed E-state index contributed by atoms with van der Waals surface area (Å²) in [6.07, 6.45) is 0.960. The Labute approximate surface area is 105 Å². The van der Waals surface area contributed by atoms with Gasteiger partial charge < -0.3 is 11.1 Å². The molecule has 1 aromatic rings. The summed E-state index contributed by atoms with van der Waals surface area (Å²) in [6, 6.07) is 3.83. The minimum absolute atomic E-state index is 0.0320. The second kappa shape index (κ2) is 5.96. The van der Waals surface area contributed by atoms with Crippen molar-refractivity contribution in [1.82, 2.24) is 5.32 Å². The van der Waals surface area contributed by atoms with Gasteiger partial charge in [-0.05, 0) is 18.6 Å². The Bertz CT molecular complexity index is 387. The first-order chi connectivity index (χ1) is 7.54. The van der Waals surface area contributed by atoms with Crippen LogP contribution in [0.1, 0.15) is 28.4 Å². The van der Waals surface area contributed by atoms with Crippen molar-refractivity contribution in [2.24, 2.45) is 11.7 Å². The van der Waals surface area contributed by atoms with Crippen molar-refractivity contribution in [1.29, 1.82) is 0 Å². The van der Waals surface area contributed by atoms with Crippen molar-refractivity contribution >= 4 is 34.5 Å². The number of rotatable bonds is 5. The molecule has 0 aliphatic carbocycles. The lowest BCUT2D eigenvalue weighted by molar-refractivity contribution is 0.0955. The van der Waals surface area contributed by atoms with Gasteiger partial charge in [-0.1, -0.05) is 26.1 Å². The SMILES string of the molecule is CCc1ccc(C(=O)NCC(C)C(N)=S)s1. The fourth-order valence-electron chi connectivity index (χ4n) is 1.12. The molecule has 5 heteroatoms. The van der Waals surface area contributed by atoms with Gasteiger partial charge in [0.25, 0.3) is 5.91 Å². The van der Waals surface area contributed by atoms with Gasteiger partial charge in [-0.25, -0.2) is 0 Å². The molecule has 16 heavy (non-hydrogen) atoms. The zero-order valence-electron chi connectivity index (χ0n) is 9.45. The van der Waals surface area contributed by atoms with Crippen LogP contribution in [-0.2, 0) is 6.42 Å². The van der Waals surface area contributed by atoms with E-state index in [1.54, 1.807) is 0 Å². The highest BCUT2D eigenvalue weighted by Gasteiger charge is 2.11. The highest BCUT2D eigenvalue weighted by Crippen LogP contribution is 2.16. The van der Waals surface area contributed by atoms with Crippen molar-refractivity contribution < 1.29 is 4.79 Å². The number of aryl methyl sites for hydroxylation is 1. The molecule has 0 aliphatic heterocycles. The molecule has 0 bridgehead atoms. The summed E-state index contributed by atoms with van der Waals surface area (Å²) in [5.74, 6) is -0.0163. The standard InChI is InChI=1S/C11H16N2OS2/c1-3-8-4-5-9(16-8)11(14)13-6-7(2)10(12)15/h4-5,7H,3,6H2,1-2H3,(H2,12,15)(H,13,14). The number of nitrogens with two attached hydrogens (primary N) is 1. The van der Waals surface area contributed by atoms with Gasteiger partial charge in [0.15, 0.2) is 0 Å². The summed E-state index contributed by atoms with van der Waals surface area (Å²) in [6.45, 7) is 4.46. The molecule has 1 rings (SSSR count). The second-order valence-corrected chi connectivity index (χ2v) is 5.27. The number of hydrogen-bond acceptors (Lipinski definition) is 3. The lowest BCUT2D eigenvalue weighted by Gasteiger charge is -2.09. The molecular weight excluding hydrogens is 240 g/mol. The maximum Gasteiger partial charge on any atom is 0.261 e. The maximum absolute atomic E-state index is 11.7. The van der Waals surface area contributed by atoms with E-state index in [0.717, 1.165) is 11.3 Å². The Kier molecular flexibility index (Phi) is 4.89. The van der Waals surface area contributed by atoms with Crippen LogP contribution in [0.25, 0.3) is 0 Å². The molecule has 0 saturated carbocycles. The summed E-state index contributed by atoms with van der Waals surface area (Å²) >= 11 is 6.36. The van der Waals surface area contributed by atoms with E-state index in [9.17, 15) is 4.79 Å². The van der Waals surface area contributed by atoms with Crippen molar-refractivity contribution in [2.75, 3.05) is 6.54 Å². The van der Waals surface area contributed by atoms with Crippen LogP contribution in [0.5, 0.6) is 0 Å². The Morgan fingerprint density at radius 1 is 1.62 bits per heavy atom. The molecule has 0 saturated heterocycles.